The van der Waals surface area contributed by atoms with E-state index in [1.54, 1.807) is 12.1 Å². The van der Waals surface area contributed by atoms with E-state index in [0.29, 0.717) is 16.6 Å². The first-order chi connectivity index (χ1) is 17.0. The van der Waals surface area contributed by atoms with Crippen LogP contribution in [0.25, 0.3) is 4.85 Å². The second-order valence-corrected chi connectivity index (χ2v) is 9.51. The number of benzene rings is 1. The molecule has 180 valence electrons. The zero-order valence-corrected chi connectivity index (χ0v) is 20.1. The van der Waals surface area contributed by atoms with E-state index in [0.717, 1.165) is 35.5 Å². The van der Waals surface area contributed by atoms with Crippen molar-refractivity contribution in [3.63, 3.8) is 0 Å². The van der Waals surface area contributed by atoms with Crippen molar-refractivity contribution in [2.45, 2.75) is 44.6 Å². The van der Waals surface area contributed by atoms with Crippen LogP contribution in [0.5, 0.6) is 0 Å². The lowest BCUT2D eigenvalue weighted by molar-refractivity contribution is -0.144. The summed E-state index contributed by atoms with van der Waals surface area (Å²) in [5.74, 6) is -0.498. The Hall–Kier alpha value is -3.44. The first kappa shape index (κ1) is 23.3. The maximum atomic E-state index is 12.4. The van der Waals surface area contributed by atoms with Crippen LogP contribution >= 0.6 is 11.6 Å². The number of aromatic nitrogens is 1. The van der Waals surface area contributed by atoms with Crippen LogP contribution in [0.3, 0.4) is 0 Å². The van der Waals surface area contributed by atoms with Gasteiger partial charge in [-0.1, -0.05) is 30.5 Å². The van der Waals surface area contributed by atoms with Gasteiger partial charge < -0.3 is 9.47 Å². The number of pyridine rings is 1. The highest BCUT2D eigenvalue weighted by Crippen LogP contribution is 2.45. The molecule has 1 aromatic heterocycles. The fourth-order valence-electron chi connectivity index (χ4n) is 5.52. The number of hydrogen-bond acceptors (Lipinski definition) is 7. The minimum atomic E-state index is -0.659. The van der Waals surface area contributed by atoms with Crippen LogP contribution in [0.4, 0.5) is 11.4 Å². The molecule has 2 aromatic rings. The first-order valence-corrected chi connectivity index (χ1v) is 12.2. The summed E-state index contributed by atoms with van der Waals surface area (Å²) in [7, 11) is 1.24. The van der Waals surface area contributed by atoms with E-state index in [2.05, 4.69) is 19.6 Å². The molecular weight excluding hydrogens is 468 g/mol. The van der Waals surface area contributed by atoms with Crippen molar-refractivity contribution in [2.75, 3.05) is 18.7 Å². The number of methoxy groups -OCH3 is 1. The molecule has 2 aliphatic carbocycles. The topological polar surface area (TPSA) is 85.5 Å². The Morgan fingerprint density at radius 3 is 2.71 bits per heavy atom. The molecule has 9 heteroatoms. The summed E-state index contributed by atoms with van der Waals surface area (Å²) in [6.45, 7) is 6.85. The summed E-state index contributed by atoms with van der Waals surface area (Å²) in [5, 5.41) is 7.61. The zero-order chi connectivity index (χ0) is 24.5. The molecule has 1 fully saturated rings. The molecule has 0 spiro atoms. The molecule has 1 saturated carbocycles. The Morgan fingerprint density at radius 1 is 1.20 bits per heavy atom. The highest BCUT2D eigenvalue weighted by molar-refractivity contribution is 6.33. The molecule has 5 rings (SSSR count). The molecule has 3 aliphatic rings. The molecule has 8 nitrogen and oxygen atoms in total. The molecule has 2 atom stereocenters. The van der Waals surface area contributed by atoms with Crippen LogP contribution in [-0.4, -0.2) is 42.4 Å². The van der Waals surface area contributed by atoms with Crippen LogP contribution < -0.4 is 5.01 Å². The lowest BCUT2D eigenvalue weighted by Crippen LogP contribution is -2.40. The second-order valence-electron chi connectivity index (χ2n) is 9.10. The van der Waals surface area contributed by atoms with E-state index >= 15 is 0 Å². The standard InChI is InChI=1S/C26H25ClN4O4/c1-28-21-10-7-16(13-19(21)27)31-25(15-5-3-4-6-15)18-9-11-20-17(24(18)30-31)8-12-22(29-20)26(33)35-14-23(32)34-2/h7-8,10,12-13,15,18,25H,3-6,9,11,14H2,2H3. The number of esters is 2. The van der Waals surface area contributed by atoms with E-state index in [-0.39, 0.29) is 17.7 Å². The zero-order valence-electron chi connectivity index (χ0n) is 19.4. The van der Waals surface area contributed by atoms with Crippen molar-refractivity contribution in [3.05, 3.63) is 63.7 Å². The van der Waals surface area contributed by atoms with Gasteiger partial charge in [-0.2, -0.15) is 5.10 Å². The Labute approximate surface area is 208 Å². The minimum absolute atomic E-state index is 0.162. The van der Waals surface area contributed by atoms with Crippen LogP contribution in [0, 0.1) is 18.4 Å². The third kappa shape index (κ3) is 4.37. The summed E-state index contributed by atoms with van der Waals surface area (Å²) in [6.07, 6.45) is 6.40. The van der Waals surface area contributed by atoms with Crippen LogP contribution in [0.2, 0.25) is 5.02 Å². The number of hydrazone groups is 1. The van der Waals surface area contributed by atoms with E-state index < -0.39 is 18.5 Å². The van der Waals surface area contributed by atoms with Gasteiger partial charge in [0.25, 0.3) is 0 Å². The molecular formula is C26H25ClN4O4. The largest absolute Gasteiger partial charge is 0.466 e. The van der Waals surface area contributed by atoms with Gasteiger partial charge in [0.05, 0.1) is 36.8 Å². The normalized spacial score (nSPS) is 21.1. The predicted octanol–water partition coefficient (Wildman–Crippen LogP) is 4.96. The number of carbonyl (C=O) groups is 2. The fraction of sp³-hybridized carbons (Fsp3) is 0.423. The van der Waals surface area contributed by atoms with Gasteiger partial charge in [-0.3, -0.25) is 5.01 Å². The monoisotopic (exact) mass is 492 g/mol. The number of ether oxygens (including phenoxy) is 2. The number of nitrogens with zero attached hydrogens (tertiary/aromatic N) is 4. The summed E-state index contributed by atoms with van der Waals surface area (Å²) >= 11 is 6.38. The van der Waals surface area contributed by atoms with Gasteiger partial charge in [0, 0.05) is 16.5 Å². The molecule has 1 aromatic carbocycles. The number of rotatable bonds is 5. The number of anilines is 1. The minimum Gasteiger partial charge on any atom is -0.466 e. The molecule has 0 bridgehead atoms. The number of hydrogen-bond donors (Lipinski definition) is 0. The van der Waals surface area contributed by atoms with Crippen LogP contribution in [-0.2, 0) is 20.7 Å². The molecule has 1 aliphatic heterocycles. The molecule has 0 amide bonds. The molecule has 0 radical (unpaired) electrons. The molecule has 0 N–H and O–H groups in total. The Morgan fingerprint density at radius 2 is 2.00 bits per heavy atom. The summed E-state index contributed by atoms with van der Waals surface area (Å²) in [6, 6.07) is 9.23. The average Bonchev–Trinajstić information content (AvgIpc) is 3.54. The quantitative estimate of drug-likeness (QED) is 0.433. The second kappa shape index (κ2) is 9.67. The van der Waals surface area contributed by atoms with Crippen LogP contribution in [0.1, 0.15) is 53.8 Å². The van der Waals surface area contributed by atoms with Gasteiger partial charge >= 0.3 is 11.9 Å². The number of carbonyl (C=O) groups excluding carboxylic acids is 2. The Balaban J connectivity index is 1.47. The SMILES string of the molecule is [C-]#[N+]c1ccc(N2N=C3c4ccc(C(=O)OCC(=O)OC)nc4CCC3C2C2CCCC2)cc1Cl. The summed E-state index contributed by atoms with van der Waals surface area (Å²) in [5.41, 5.74) is 4.21. The van der Waals surface area contributed by atoms with Gasteiger partial charge in [0.1, 0.15) is 5.69 Å². The van der Waals surface area contributed by atoms with E-state index in [4.69, 9.17) is 28.0 Å². The van der Waals surface area contributed by atoms with E-state index in [1.807, 2.05) is 18.2 Å². The van der Waals surface area contributed by atoms with Gasteiger partial charge in [-0.15, -0.1) is 0 Å². The van der Waals surface area contributed by atoms with Crippen LogP contribution in [0.15, 0.2) is 35.4 Å². The lowest BCUT2D eigenvalue weighted by Gasteiger charge is -2.34. The highest BCUT2D eigenvalue weighted by atomic mass is 35.5. The summed E-state index contributed by atoms with van der Waals surface area (Å²) in [4.78, 5) is 31.7. The maximum absolute atomic E-state index is 12.4. The number of fused-ring (bicyclic) bond motifs is 3. The fourth-order valence-corrected chi connectivity index (χ4v) is 5.74. The molecule has 35 heavy (non-hydrogen) atoms. The van der Waals surface area contributed by atoms with Gasteiger partial charge in [-0.25, -0.2) is 19.4 Å². The van der Waals surface area contributed by atoms with E-state index in [9.17, 15) is 9.59 Å². The van der Waals surface area contributed by atoms with Crippen molar-refractivity contribution >= 4 is 40.6 Å². The third-order valence-corrected chi connectivity index (χ3v) is 7.46. The van der Waals surface area contributed by atoms with Gasteiger partial charge in [0.2, 0.25) is 5.69 Å². The number of aryl methyl sites for hydroxylation is 1. The summed E-state index contributed by atoms with van der Waals surface area (Å²) < 4.78 is 9.51. The maximum Gasteiger partial charge on any atom is 0.357 e. The van der Waals surface area contributed by atoms with Gasteiger partial charge in [0.15, 0.2) is 6.61 Å². The van der Waals surface area contributed by atoms with Crippen molar-refractivity contribution in [1.29, 1.82) is 0 Å². The predicted molar refractivity (Wildman–Crippen MR) is 131 cm³/mol. The molecule has 2 unspecified atom stereocenters. The Bertz CT molecular complexity index is 1250. The van der Waals surface area contributed by atoms with Crippen molar-refractivity contribution < 1.29 is 19.1 Å². The van der Waals surface area contributed by atoms with E-state index in [1.165, 1.54) is 32.8 Å². The molecule has 2 heterocycles. The third-order valence-electron chi connectivity index (χ3n) is 7.16. The first-order valence-electron chi connectivity index (χ1n) is 11.8. The molecule has 0 saturated heterocycles. The smallest absolute Gasteiger partial charge is 0.357 e. The number of halogens is 1. The van der Waals surface area contributed by atoms with Crippen molar-refractivity contribution in [3.8, 4) is 0 Å². The lowest BCUT2D eigenvalue weighted by atomic mass is 9.76. The Kier molecular flexibility index (Phi) is 6.44. The highest BCUT2D eigenvalue weighted by Gasteiger charge is 2.46. The van der Waals surface area contributed by atoms with Crippen molar-refractivity contribution in [2.24, 2.45) is 16.9 Å². The van der Waals surface area contributed by atoms with Gasteiger partial charge in [-0.05, 0) is 55.9 Å². The van der Waals surface area contributed by atoms with Crippen molar-refractivity contribution in [1.82, 2.24) is 4.98 Å². The average molecular weight is 493 g/mol.